The van der Waals surface area contributed by atoms with E-state index >= 15 is 0 Å². The van der Waals surface area contributed by atoms with E-state index in [0.29, 0.717) is 22.1 Å². The number of halogens is 1. The van der Waals surface area contributed by atoms with Crippen LogP contribution in [0.2, 0.25) is 5.02 Å². The summed E-state index contributed by atoms with van der Waals surface area (Å²) in [6.45, 7) is -0.232. The van der Waals surface area contributed by atoms with Gasteiger partial charge in [0.25, 0.3) is 11.8 Å². The van der Waals surface area contributed by atoms with E-state index in [-0.39, 0.29) is 6.54 Å². The van der Waals surface area contributed by atoms with Crippen LogP contribution >= 0.6 is 11.6 Å². The van der Waals surface area contributed by atoms with Gasteiger partial charge < -0.3 is 10.1 Å². The maximum Gasteiger partial charge on any atom is 0.263 e. The molecule has 10 heteroatoms. The standard InChI is InChI=1S/C19H16ClN5O4/c1-29-14-7-3-5-12(9-14)21-15(26)10-24-17-16(22-23-24)18(27)25(19(17)28)13-6-2-4-11(20)8-13/h2-9,16-17H,10H2,1H3,(H,21,26)/t16-,17+/m1/s1. The van der Waals surface area contributed by atoms with Crippen molar-refractivity contribution in [1.29, 1.82) is 0 Å². The summed E-state index contributed by atoms with van der Waals surface area (Å²) in [7, 11) is 1.53. The molecule has 2 heterocycles. The second-order valence-corrected chi connectivity index (χ2v) is 6.90. The van der Waals surface area contributed by atoms with Gasteiger partial charge in [-0.25, -0.2) is 4.90 Å². The molecule has 2 atom stereocenters. The number of carbonyl (C=O) groups is 3. The van der Waals surface area contributed by atoms with Crippen LogP contribution in [0.3, 0.4) is 0 Å². The molecule has 9 nitrogen and oxygen atoms in total. The van der Waals surface area contributed by atoms with Gasteiger partial charge in [-0.2, -0.15) is 5.11 Å². The van der Waals surface area contributed by atoms with Gasteiger partial charge in [-0.15, -0.1) is 0 Å². The molecule has 148 valence electrons. The number of carbonyl (C=O) groups excluding carboxylic acids is 3. The first kappa shape index (κ1) is 18.9. The number of imide groups is 1. The van der Waals surface area contributed by atoms with Crippen LogP contribution < -0.4 is 15.0 Å². The van der Waals surface area contributed by atoms with Crippen LogP contribution in [0.4, 0.5) is 11.4 Å². The third-order valence-corrected chi connectivity index (χ3v) is 4.82. The molecule has 4 rings (SSSR count). The molecule has 29 heavy (non-hydrogen) atoms. The minimum absolute atomic E-state index is 0.232. The Balaban J connectivity index is 1.48. The van der Waals surface area contributed by atoms with Crippen LogP contribution in [0.5, 0.6) is 5.75 Å². The van der Waals surface area contributed by atoms with Gasteiger partial charge >= 0.3 is 0 Å². The van der Waals surface area contributed by atoms with Crippen LogP contribution in [0.1, 0.15) is 0 Å². The van der Waals surface area contributed by atoms with E-state index in [1.54, 1.807) is 42.5 Å². The van der Waals surface area contributed by atoms with Crippen molar-refractivity contribution in [2.75, 3.05) is 23.9 Å². The first-order valence-corrected chi connectivity index (χ1v) is 9.10. The molecule has 0 radical (unpaired) electrons. The number of nitrogens with zero attached hydrogens (tertiary/aromatic N) is 4. The van der Waals surface area contributed by atoms with E-state index in [1.807, 2.05) is 0 Å². The molecule has 1 fully saturated rings. The summed E-state index contributed by atoms with van der Waals surface area (Å²) in [4.78, 5) is 39.0. The molecular formula is C19H16ClN5O4. The molecule has 2 aromatic rings. The van der Waals surface area contributed by atoms with Gasteiger partial charge in [0.15, 0.2) is 12.1 Å². The molecular weight excluding hydrogens is 398 g/mol. The highest BCUT2D eigenvalue weighted by atomic mass is 35.5. The molecule has 2 aliphatic rings. The number of hydrogen-bond acceptors (Lipinski definition) is 7. The Morgan fingerprint density at radius 3 is 2.72 bits per heavy atom. The predicted octanol–water partition coefficient (Wildman–Crippen LogP) is 2.28. The number of nitrogens with one attached hydrogen (secondary N) is 1. The number of hydrogen-bond donors (Lipinski definition) is 1. The minimum atomic E-state index is -0.980. The minimum Gasteiger partial charge on any atom is -0.497 e. The predicted molar refractivity (Wildman–Crippen MR) is 105 cm³/mol. The first-order valence-electron chi connectivity index (χ1n) is 8.72. The molecule has 0 saturated carbocycles. The fourth-order valence-corrected chi connectivity index (χ4v) is 3.46. The molecule has 0 aromatic heterocycles. The van der Waals surface area contributed by atoms with Crippen LogP contribution in [0, 0.1) is 0 Å². The van der Waals surface area contributed by atoms with Gasteiger partial charge in [-0.1, -0.05) is 29.0 Å². The molecule has 0 bridgehead atoms. The zero-order valence-electron chi connectivity index (χ0n) is 15.3. The third-order valence-electron chi connectivity index (χ3n) is 4.58. The molecule has 0 aliphatic carbocycles. The average molecular weight is 414 g/mol. The highest BCUT2D eigenvalue weighted by Crippen LogP contribution is 2.32. The summed E-state index contributed by atoms with van der Waals surface area (Å²) in [5.74, 6) is -0.806. The lowest BCUT2D eigenvalue weighted by molar-refractivity contribution is -0.123. The lowest BCUT2D eigenvalue weighted by Crippen LogP contribution is -2.43. The fourth-order valence-electron chi connectivity index (χ4n) is 3.27. The van der Waals surface area contributed by atoms with E-state index in [9.17, 15) is 14.4 Å². The quantitative estimate of drug-likeness (QED) is 0.757. The molecule has 0 unspecified atom stereocenters. The highest BCUT2D eigenvalue weighted by molar-refractivity contribution is 6.31. The number of methoxy groups -OCH3 is 1. The smallest absolute Gasteiger partial charge is 0.263 e. The third kappa shape index (κ3) is 3.52. The Morgan fingerprint density at radius 2 is 1.97 bits per heavy atom. The van der Waals surface area contributed by atoms with Gasteiger partial charge in [-0.05, 0) is 30.3 Å². The summed E-state index contributed by atoms with van der Waals surface area (Å²) < 4.78 is 5.12. The van der Waals surface area contributed by atoms with Crippen molar-refractivity contribution in [3.05, 3.63) is 53.6 Å². The van der Waals surface area contributed by atoms with Crippen LogP contribution in [0.15, 0.2) is 58.9 Å². The summed E-state index contributed by atoms with van der Waals surface area (Å²) in [6, 6.07) is 11.3. The van der Waals surface area contributed by atoms with Crippen molar-refractivity contribution in [3.8, 4) is 5.75 Å². The topological polar surface area (TPSA) is 104 Å². The Bertz CT molecular complexity index is 1030. The van der Waals surface area contributed by atoms with E-state index in [0.717, 1.165) is 4.90 Å². The number of rotatable bonds is 5. The number of anilines is 2. The molecule has 3 amide bonds. The van der Waals surface area contributed by atoms with Crippen LogP contribution in [-0.4, -0.2) is 48.5 Å². The van der Waals surface area contributed by atoms with Crippen molar-refractivity contribution in [1.82, 2.24) is 5.01 Å². The fraction of sp³-hybridized carbons (Fsp3) is 0.211. The molecule has 2 aliphatic heterocycles. The molecule has 0 spiro atoms. The van der Waals surface area contributed by atoms with Crippen molar-refractivity contribution >= 4 is 40.7 Å². The zero-order chi connectivity index (χ0) is 20.5. The van der Waals surface area contributed by atoms with Gasteiger partial charge in [0.2, 0.25) is 5.91 Å². The SMILES string of the molecule is COc1cccc(NC(=O)CN2N=N[C@H]3C(=O)N(c4cccc(Cl)c4)C(=O)[C@H]32)c1. The Hall–Kier alpha value is -3.46. The van der Waals surface area contributed by atoms with Crippen molar-refractivity contribution in [3.63, 3.8) is 0 Å². The van der Waals surface area contributed by atoms with E-state index in [2.05, 4.69) is 15.7 Å². The largest absolute Gasteiger partial charge is 0.497 e. The Morgan fingerprint density at radius 1 is 1.17 bits per heavy atom. The lowest BCUT2D eigenvalue weighted by Gasteiger charge is -2.20. The number of amides is 3. The van der Waals surface area contributed by atoms with E-state index in [4.69, 9.17) is 16.3 Å². The highest BCUT2D eigenvalue weighted by Gasteiger charge is 2.55. The number of ether oxygens (including phenoxy) is 1. The Kier molecular flexibility index (Phi) is 4.89. The van der Waals surface area contributed by atoms with Crippen molar-refractivity contribution in [2.45, 2.75) is 12.1 Å². The van der Waals surface area contributed by atoms with Crippen LogP contribution in [0.25, 0.3) is 0 Å². The van der Waals surface area contributed by atoms with Gasteiger partial charge in [0.1, 0.15) is 12.3 Å². The first-order chi connectivity index (χ1) is 14.0. The lowest BCUT2D eigenvalue weighted by atomic mass is 10.1. The van der Waals surface area contributed by atoms with Crippen LogP contribution in [-0.2, 0) is 14.4 Å². The molecule has 2 aromatic carbocycles. The van der Waals surface area contributed by atoms with Gasteiger partial charge in [0.05, 0.1) is 12.8 Å². The summed E-state index contributed by atoms with van der Waals surface area (Å²) in [5, 5.41) is 12.1. The maximum atomic E-state index is 12.9. The van der Waals surface area contributed by atoms with Gasteiger partial charge in [0, 0.05) is 16.8 Å². The van der Waals surface area contributed by atoms with E-state index in [1.165, 1.54) is 18.2 Å². The normalized spacial score (nSPS) is 20.2. The summed E-state index contributed by atoms with van der Waals surface area (Å²) in [5.41, 5.74) is 0.897. The Labute approximate surface area is 170 Å². The summed E-state index contributed by atoms with van der Waals surface area (Å²) in [6.07, 6.45) is 0. The maximum absolute atomic E-state index is 12.9. The number of fused-ring (bicyclic) bond motifs is 1. The second-order valence-electron chi connectivity index (χ2n) is 6.46. The monoisotopic (exact) mass is 413 g/mol. The summed E-state index contributed by atoms with van der Waals surface area (Å²) >= 11 is 5.97. The van der Waals surface area contributed by atoms with Crippen molar-refractivity contribution < 1.29 is 19.1 Å². The zero-order valence-corrected chi connectivity index (χ0v) is 16.0. The van der Waals surface area contributed by atoms with E-state index < -0.39 is 29.8 Å². The molecule has 1 N–H and O–H groups in total. The number of benzene rings is 2. The molecule has 1 saturated heterocycles. The van der Waals surface area contributed by atoms with Gasteiger partial charge in [-0.3, -0.25) is 19.4 Å². The second kappa shape index (κ2) is 7.51. The van der Waals surface area contributed by atoms with Crippen molar-refractivity contribution in [2.24, 2.45) is 10.3 Å². The average Bonchev–Trinajstić information content (AvgIpc) is 3.21.